The molecule has 10 heteroatoms. The molecule has 0 aromatic heterocycles. The lowest BCUT2D eigenvalue weighted by molar-refractivity contribution is -0.385. The van der Waals surface area contributed by atoms with Gasteiger partial charge < -0.3 is 10.4 Å². The van der Waals surface area contributed by atoms with Gasteiger partial charge in [0.1, 0.15) is 0 Å². The van der Waals surface area contributed by atoms with Crippen molar-refractivity contribution < 1.29 is 19.6 Å². The Morgan fingerprint density at radius 2 is 2.05 bits per heavy atom. The SMILES string of the molecule is CC(C)NC(=O)C(=O)N/N=C/c1cc(Cl)cc([N+](=O)[O-])c1O. The molecule has 22 heavy (non-hydrogen) atoms. The molecule has 0 saturated carbocycles. The lowest BCUT2D eigenvalue weighted by atomic mass is 10.2. The van der Waals surface area contributed by atoms with Crippen molar-refractivity contribution in [2.45, 2.75) is 19.9 Å². The number of aromatic hydroxyl groups is 1. The highest BCUT2D eigenvalue weighted by molar-refractivity contribution is 6.35. The standard InChI is InChI=1S/C12H13ClN4O5/c1-6(2)15-11(19)12(20)16-14-5-7-3-8(13)4-9(10(7)18)17(21)22/h3-6,18H,1-2H3,(H,15,19)(H,16,20)/b14-5+. The fourth-order valence-corrected chi connectivity index (χ4v) is 1.60. The second kappa shape index (κ2) is 7.36. The Morgan fingerprint density at radius 1 is 1.41 bits per heavy atom. The Kier molecular flexibility index (Phi) is 5.81. The van der Waals surface area contributed by atoms with Crippen LogP contribution in [0.2, 0.25) is 5.02 Å². The summed E-state index contributed by atoms with van der Waals surface area (Å²) in [6, 6.07) is 1.97. The van der Waals surface area contributed by atoms with E-state index in [0.717, 1.165) is 12.3 Å². The summed E-state index contributed by atoms with van der Waals surface area (Å²) >= 11 is 5.69. The van der Waals surface area contributed by atoms with Gasteiger partial charge >= 0.3 is 17.5 Å². The van der Waals surface area contributed by atoms with Crippen LogP contribution in [0.5, 0.6) is 5.75 Å². The predicted octanol–water partition coefficient (Wildman–Crippen LogP) is 0.928. The molecule has 118 valence electrons. The molecule has 9 nitrogen and oxygen atoms in total. The molecule has 0 atom stereocenters. The summed E-state index contributed by atoms with van der Waals surface area (Å²) < 4.78 is 0. The van der Waals surface area contributed by atoms with E-state index in [9.17, 15) is 24.8 Å². The minimum absolute atomic E-state index is 0.00910. The highest BCUT2D eigenvalue weighted by Gasteiger charge is 2.18. The van der Waals surface area contributed by atoms with Crippen molar-refractivity contribution in [1.29, 1.82) is 0 Å². The monoisotopic (exact) mass is 328 g/mol. The maximum Gasteiger partial charge on any atom is 0.329 e. The largest absolute Gasteiger partial charge is 0.502 e. The number of hydrogen-bond acceptors (Lipinski definition) is 6. The molecule has 1 aromatic carbocycles. The molecule has 0 unspecified atom stereocenters. The quantitative estimate of drug-likeness (QED) is 0.327. The molecule has 0 saturated heterocycles. The molecule has 0 spiro atoms. The number of benzene rings is 1. The first kappa shape index (κ1) is 17.4. The Balaban J connectivity index is 2.85. The van der Waals surface area contributed by atoms with Crippen LogP contribution in [-0.4, -0.2) is 34.1 Å². The summed E-state index contributed by atoms with van der Waals surface area (Å²) in [6.45, 7) is 3.36. The van der Waals surface area contributed by atoms with Crippen molar-refractivity contribution in [1.82, 2.24) is 10.7 Å². The fourth-order valence-electron chi connectivity index (χ4n) is 1.38. The minimum Gasteiger partial charge on any atom is -0.502 e. The van der Waals surface area contributed by atoms with E-state index in [1.54, 1.807) is 13.8 Å². The van der Waals surface area contributed by atoms with E-state index in [-0.39, 0.29) is 16.6 Å². The number of halogens is 1. The van der Waals surface area contributed by atoms with E-state index in [0.29, 0.717) is 0 Å². The molecular weight excluding hydrogens is 316 g/mol. The molecule has 0 fully saturated rings. The number of carbonyl (C=O) groups excluding carboxylic acids is 2. The molecule has 0 heterocycles. The van der Waals surface area contributed by atoms with Gasteiger partial charge in [0.25, 0.3) is 0 Å². The smallest absolute Gasteiger partial charge is 0.329 e. The molecule has 2 amide bonds. The van der Waals surface area contributed by atoms with Crippen molar-refractivity contribution in [3.05, 3.63) is 32.8 Å². The normalized spacial score (nSPS) is 10.7. The predicted molar refractivity (Wildman–Crippen MR) is 78.8 cm³/mol. The van der Waals surface area contributed by atoms with Crippen molar-refractivity contribution in [2.24, 2.45) is 5.10 Å². The summed E-state index contributed by atoms with van der Waals surface area (Å²) in [6.07, 6.45) is 0.939. The zero-order valence-corrected chi connectivity index (χ0v) is 12.4. The van der Waals surface area contributed by atoms with Gasteiger partial charge in [-0.15, -0.1) is 0 Å². The molecular formula is C12H13ClN4O5. The summed E-state index contributed by atoms with van der Waals surface area (Å²) in [4.78, 5) is 32.6. The Bertz CT molecular complexity index is 645. The molecule has 1 rings (SSSR count). The zero-order valence-electron chi connectivity index (χ0n) is 11.7. The Labute approximate surface area is 130 Å². The van der Waals surface area contributed by atoms with Crippen LogP contribution in [0.4, 0.5) is 5.69 Å². The first-order valence-corrected chi connectivity index (χ1v) is 6.41. The van der Waals surface area contributed by atoms with Crippen molar-refractivity contribution >= 4 is 35.3 Å². The Morgan fingerprint density at radius 3 is 2.59 bits per heavy atom. The van der Waals surface area contributed by atoms with E-state index in [4.69, 9.17) is 11.6 Å². The van der Waals surface area contributed by atoms with Gasteiger partial charge in [-0.1, -0.05) is 11.6 Å². The number of hydrazone groups is 1. The molecule has 0 bridgehead atoms. The van der Waals surface area contributed by atoms with E-state index in [1.807, 2.05) is 5.43 Å². The third-order valence-electron chi connectivity index (χ3n) is 2.28. The third-order valence-corrected chi connectivity index (χ3v) is 2.49. The molecule has 0 aliphatic carbocycles. The van der Waals surface area contributed by atoms with E-state index >= 15 is 0 Å². The summed E-state index contributed by atoms with van der Waals surface area (Å²) in [5.74, 6) is -2.55. The molecule has 1 aromatic rings. The first-order chi connectivity index (χ1) is 10.2. The number of phenolic OH excluding ortho intramolecular Hbond substituents is 1. The number of nitro groups is 1. The number of carbonyl (C=O) groups is 2. The summed E-state index contributed by atoms with van der Waals surface area (Å²) in [7, 11) is 0. The van der Waals surface area contributed by atoms with Gasteiger partial charge in [0, 0.05) is 22.7 Å². The molecule has 0 aliphatic heterocycles. The summed E-state index contributed by atoms with van der Waals surface area (Å²) in [5.41, 5.74) is 1.25. The second-order valence-corrected chi connectivity index (χ2v) is 4.88. The Hall–Kier alpha value is -2.68. The number of nitro benzene ring substituents is 1. The van der Waals surface area contributed by atoms with Crippen LogP contribution >= 0.6 is 11.6 Å². The first-order valence-electron chi connectivity index (χ1n) is 6.03. The number of rotatable bonds is 4. The average molecular weight is 329 g/mol. The molecule has 0 radical (unpaired) electrons. The van der Waals surface area contributed by atoms with Crippen LogP contribution in [0.3, 0.4) is 0 Å². The zero-order chi connectivity index (χ0) is 16.9. The average Bonchev–Trinajstić information content (AvgIpc) is 2.40. The highest BCUT2D eigenvalue weighted by Crippen LogP contribution is 2.32. The van der Waals surface area contributed by atoms with Crippen molar-refractivity contribution in [2.75, 3.05) is 0 Å². The van der Waals surface area contributed by atoms with Crippen LogP contribution in [-0.2, 0) is 9.59 Å². The lowest BCUT2D eigenvalue weighted by Crippen LogP contribution is -2.41. The maximum atomic E-state index is 11.4. The van der Waals surface area contributed by atoms with Crippen LogP contribution in [0.25, 0.3) is 0 Å². The second-order valence-electron chi connectivity index (χ2n) is 4.45. The highest BCUT2D eigenvalue weighted by atomic mass is 35.5. The van der Waals surface area contributed by atoms with Crippen LogP contribution in [0.1, 0.15) is 19.4 Å². The van der Waals surface area contributed by atoms with Crippen LogP contribution < -0.4 is 10.7 Å². The molecule has 0 aliphatic rings. The van der Waals surface area contributed by atoms with Crippen LogP contribution in [0.15, 0.2) is 17.2 Å². The number of hydrogen-bond donors (Lipinski definition) is 3. The minimum atomic E-state index is -1.01. The van der Waals surface area contributed by atoms with Gasteiger partial charge in [-0.25, -0.2) is 5.43 Å². The summed E-state index contributed by atoms with van der Waals surface area (Å²) in [5, 5.41) is 26.2. The van der Waals surface area contributed by atoms with Gasteiger partial charge in [-0.05, 0) is 19.9 Å². The maximum absolute atomic E-state index is 11.4. The van der Waals surface area contributed by atoms with Gasteiger partial charge in [-0.3, -0.25) is 19.7 Å². The lowest BCUT2D eigenvalue weighted by Gasteiger charge is -2.06. The van der Waals surface area contributed by atoms with Gasteiger partial charge in [0.15, 0.2) is 0 Å². The van der Waals surface area contributed by atoms with Crippen molar-refractivity contribution in [3.63, 3.8) is 0 Å². The van der Waals surface area contributed by atoms with Crippen molar-refractivity contribution in [3.8, 4) is 5.75 Å². The number of nitrogens with one attached hydrogen (secondary N) is 2. The van der Waals surface area contributed by atoms with Gasteiger partial charge in [-0.2, -0.15) is 5.10 Å². The topological polar surface area (TPSA) is 134 Å². The fraction of sp³-hybridized carbons (Fsp3) is 0.250. The van der Waals surface area contributed by atoms with E-state index in [1.165, 1.54) is 6.07 Å². The van der Waals surface area contributed by atoms with E-state index in [2.05, 4.69) is 10.4 Å². The van der Waals surface area contributed by atoms with Gasteiger partial charge in [0.05, 0.1) is 11.1 Å². The molecule has 3 N–H and O–H groups in total. The van der Waals surface area contributed by atoms with Gasteiger partial charge in [0.2, 0.25) is 5.75 Å². The van der Waals surface area contributed by atoms with E-state index < -0.39 is 28.2 Å². The third kappa shape index (κ3) is 4.70. The number of phenols is 1. The number of amides is 2. The number of nitrogens with zero attached hydrogens (tertiary/aromatic N) is 2. The van der Waals surface area contributed by atoms with Crippen LogP contribution in [0, 0.1) is 10.1 Å².